The molecule has 1 N–H and O–H groups in total. The van der Waals surface area contributed by atoms with Crippen molar-refractivity contribution >= 4 is 44.9 Å². The van der Waals surface area contributed by atoms with E-state index in [2.05, 4.69) is 15.2 Å². The number of aromatic amines is 1. The summed E-state index contributed by atoms with van der Waals surface area (Å²) < 4.78 is 1.94. The fourth-order valence-electron chi connectivity index (χ4n) is 3.70. The molecular formula is C20H18ClN5OS2. The maximum atomic E-state index is 12.7. The first-order valence-electron chi connectivity index (χ1n) is 9.42. The molecule has 0 aliphatic heterocycles. The number of rotatable bonds is 4. The lowest BCUT2D eigenvalue weighted by Gasteiger charge is -2.09. The van der Waals surface area contributed by atoms with Crippen molar-refractivity contribution in [2.24, 2.45) is 7.05 Å². The summed E-state index contributed by atoms with van der Waals surface area (Å²) in [7, 11) is 1.93. The zero-order valence-electron chi connectivity index (χ0n) is 15.7. The quantitative estimate of drug-likeness (QED) is 0.466. The molecule has 4 aromatic rings. The van der Waals surface area contributed by atoms with E-state index >= 15 is 0 Å². The molecule has 0 fully saturated rings. The second-order valence-corrected chi connectivity index (χ2v) is 9.53. The molecule has 0 amide bonds. The van der Waals surface area contributed by atoms with Crippen LogP contribution in [0.5, 0.6) is 0 Å². The van der Waals surface area contributed by atoms with E-state index in [1.165, 1.54) is 28.6 Å². The van der Waals surface area contributed by atoms with Crippen molar-refractivity contribution in [1.29, 1.82) is 0 Å². The topological polar surface area (TPSA) is 76.5 Å². The molecule has 0 bridgehead atoms. The van der Waals surface area contributed by atoms with Crippen LogP contribution in [0.4, 0.5) is 0 Å². The van der Waals surface area contributed by atoms with Gasteiger partial charge in [-0.05, 0) is 55.5 Å². The van der Waals surface area contributed by atoms with Gasteiger partial charge in [-0.15, -0.1) is 21.5 Å². The number of nitrogens with zero attached hydrogens (tertiary/aromatic N) is 4. The fraction of sp³-hybridized carbons (Fsp3) is 0.300. The van der Waals surface area contributed by atoms with Crippen LogP contribution in [0.1, 0.15) is 29.1 Å². The van der Waals surface area contributed by atoms with Gasteiger partial charge in [0.2, 0.25) is 0 Å². The molecule has 5 rings (SSSR count). The summed E-state index contributed by atoms with van der Waals surface area (Å²) >= 11 is 9.14. The van der Waals surface area contributed by atoms with Gasteiger partial charge in [0, 0.05) is 22.5 Å². The van der Waals surface area contributed by atoms with Gasteiger partial charge in [-0.2, -0.15) is 0 Å². The fourth-order valence-corrected chi connectivity index (χ4v) is 5.89. The van der Waals surface area contributed by atoms with E-state index in [0.717, 1.165) is 46.0 Å². The van der Waals surface area contributed by atoms with Gasteiger partial charge in [-0.25, -0.2) is 4.98 Å². The lowest BCUT2D eigenvalue weighted by atomic mass is 9.97. The van der Waals surface area contributed by atoms with Crippen molar-refractivity contribution in [3.05, 3.63) is 55.9 Å². The van der Waals surface area contributed by atoms with Crippen LogP contribution in [0, 0.1) is 0 Å². The molecule has 0 unspecified atom stereocenters. The van der Waals surface area contributed by atoms with E-state index in [-0.39, 0.29) is 5.56 Å². The number of benzene rings is 1. The predicted molar refractivity (Wildman–Crippen MR) is 118 cm³/mol. The third-order valence-corrected chi connectivity index (χ3v) is 7.62. The third-order valence-electron chi connectivity index (χ3n) is 5.15. The molecular weight excluding hydrogens is 426 g/mol. The second kappa shape index (κ2) is 7.59. The molecule has 29 heavy (non-hydrogen) atoms. The van der Waals surface area contributed by atoms with Crippen molar-refractivity contribution < 1.29 is 0 Å². The average Bonchev–Trinajstić information content (AvgIpc) is 3.27. The molecule has 0 atom stereocenters. The van der Waals surface area contributed by atoms with Crippen molar-refractivity contribution in [1.82, 2.24) is 24.7 Å². The number of halogens is 1. The molecule has 0 spiro atoms. The van der Waals surface area contributed by atoms with Crippen molar-refractivity contribution in [3.63, 3.8) is 0 Å². The Labute approximate surface area is 180 Å². The summed E-state index contributed by atoms with van der Waals surface area (Å²) in [6, 6.07) is 7.52. The van der Waals surface area contributed by atoms with E-state index in [1.807, 2.05) is 35.9 Å². The lowest BCUT2D eigenvalue weighted by Crippen LogP contribution is -2.12. The SMILES string of the molecule is Cn1c(SCc2nc3sc4c(c3c(=O)[nH]2)CCCC4)nnc1-c1ccc(Cl)cc1. The first-order valence-corrected chi connectivity index (χ1v) is 11.6. The van der Waals surface area contributed by atoms with E-state index in [1.54, 1.807) is 11.3 Å². The predicted octanol–water partition coefficient (Wildman–Crippen LogP) is 4.60. The molecule has 0 radical (unpaired) electrons. The monoisotopic (exact) mass is 443 g/mol. The van der Waals surface area contributed by atoms with E-state index in [9.17, 15) is 4.79 Å². The number of hydrogen-bond acceptors (Lipinski definition) is 6. The minimum absolute atomic E-state index is 0.0233. The summed E-state index contributed by atoms with van der Waals surface area (Å²) in [5.74, 6) is 1.97. The first-order chi connectivity index (χ1) is 14.1. The summed E-state index contributed by atoms with van der Waals surface area (Å²) in [5, 5.41) is 10.8. The van der Waals surface area contributed by atoms with E-state index in [4.69, 9.17) is 16.6 Å². The molecule has 0 saturated heterocycles. The van der Waals surface area contributed by atoms with Crippen LogP contribution in [0.25, 0.3) is 21.6 Å². The summed E-state index contributed by atoms with van der Waals surface area (Å²) in [6.07, 6.45) is 4.40. The van der Waals surface area contributed by atoms with Gasteiger partial charge in [0.1, 0.15) is 10.7 Å². The Balaban J connectivity index is 1.40. The number of thiophene rings is 1. The van der Waals surface area contributed by atoms with Crippen LogP contribution in [-0.4, -0.2) is 24.7 Å². The zero-order valence-corrected chi connectivity index (χ0v) is 18.1. The number of aryl methyl sites for hydroxylation is 2. The Morgan fingerprint density at radius 1 is 1.21 bits per heavy atom. The molecule has 0 saturated carbocycles. The van der Waals surface area contributed by atoms with Crippen LogP contribution >= 0.6 is 34.7 Å². The molecule has 1 aliphatic carbocycles. The lowest BCUT2D eigenvalue weighted by molar-refractivity contribution is 0.700. The molecule has 3 heterocycles. The van der Waals surface area contributed by atoms with Gasteiger partial charge in [-0.1, -0.05) is 23.4 Å². The number of fused-ring (bicyclic) bond motifs is 3. The Bertz CT molecular complexity index is 1260. The van der Waals surface area contributed by atoms with E-state index in [0.29, 0.717) is 16.6 Å². The Hall–Kier alpha value is -2.16. The van der Waals surface area contributed by atoms with Crippen LogP contribution in [0.15, 0.2) is 34.2 Å². The third kappa shape index (κ3) is 3.49. The van der Waals surface area contributed by atoms with Gasteiger partial charge >= 0.3 is 0 Å². The van der Waals surface area contributed by atoms with Gasteiger partial charge in [-0.3, -0.25) is 4.79 Å². The standard InChI is InChI=1S/C20H18ClN5OS2/c1-26-17(11-6-8-12(21)9-7-11)24-25-20(26)28-10-15-22-18(27)16-13-4-2-3-5-14(13)29-19(16)23-15/h6-9H,2-5,10H2,1H3,(H,22,23,27). The number of aromatic nitrogens is 5. The smallest absolute Gasteiger partial charge is 0.259 e. The highest BCUT2D eigenvalue weighted by Gasteiger charge is 2.20. The highest BCUT2D eigenvalue weighted by Crippen LogP contribution is 2.34. The Morgan fingerprint density at radius 2 is 2.00 bits per heavy atom. The van der Waals surface area contributed by atoms with Gasteiger partial charge < -0.3 is 9.55 Å². The molecule has 3 aromatic heterocycles. The number of hydrogen-bond donors (Lipinski definition) is 1. The van der Waals surface area contributed by atoms with Crippen LogP contribution in [-0.2, 0) is 25.6 Å². The molecule has 1 aromatic carbocycles. The van der Waals surface area contributed by atoms with E-state index < -0.39 is 0 Å². The van der Waals surface area contributed by atoms with Crippen LogP contribution in [0.3, 0.4) is 0 Å². The Morgan fingerprint density at radius 3 is 2.83 bits per heavy atom. The number of thioether (sulfide) groups is 1. The van der Waals surface area contributed by atoms with Gasteiger partial charge in [0.05, 0.1) is 11.1 Å². The molecule has 1 aliphatic rings. The number of H-pyrrole nitrogens is 1. The van der Waals surface area contributed by atoms with Crippen LogP contribution in [0.2, 0.25) is 5.02 Å². The summed E-state index contributed by atoms with van der Waals surface area (Å²) in [4.78, 5) is 22.6. The maximum absolute atomic E-state index is 12.7. The Kier molecular flexibility index (Phi) is 4.93. The highest BCUT2D eigenvalue weighted by molar-refractivity contribution is 7.98. The second-order valence-electron chi connectivity index (χ2n) is 7.06. The molecule has 9 heteroatoms. The minimum Gasteiger partial charge on any atom is -0.309 e. The van der Waals surface area contributed by atoms with Crippen molar-refractivity contribution in [2.45, 2.75) is 36.6 Å². The zero-order chi connectivity index (χ0) is 20.0. The maximum Gasteiger partial charge on any atom is 0.259 e. The van der Waals surface area contributed by atoms with Gasteiger partial charge in [0.25, 0.3) is 5.56 Å². The van der Waals surface area contributed by atoms with Crippen LogP contribution < -0.4 is 5.56 Å². The summed E-state index contributed by atoms with van der Waals surface area (Å²) in [5.41, 5.74) is 2.14. The minimum atomic E-state index is -0.0233. The van der Waals surface area contributed by atoms with Gasteiger partial charge in [0.15, 0.2) is 11.0 Å². The molecule has 6 nitrogen and oxygen atoms in total. The normalized spacial score (nSPS) is 13.7. The van der Waals surface area contributed by atoms with Crippen molar-refractivity contribution in [2.75, 3.05) is 0 Å². The number of nitrogens with one attached hydrogen (secondary N) is 1. The average molecular weight is 444 g/mol. The summed E-state index contributed by atoms with van der Waals surface area (Å²) in [6.45, 7) is 0. The largest absolute Gasteiger partial charge is 0.309 e. The molecule has 148 valence electrons. The first kappa shape index (κ1) is 18.8. The van der Waals surface area contributed by atoms with Crippen molar-refractivity contribution in [3.8, 4) is 11.4 Å². The highest BCUT2D eigenvalue weighted by atomic mass is 35.5.